The van der Waals surface area contributed by atoms with E-state index in [1.165, 1.54) is 116 Å². The summed E-state index contributed by atoms with van der Waals surface area (Å²) in [6.45, 7) is 4.64. The van der Waals surface area contributed by atoms with Crippen molar-refractivity contribution >= 4 is 0 Å². The predicted molar refractivity (Wildman–Crippen MR) is 120 cm³/mol. The molecule has 0 heterocycles. The van der Waals surface area contributed by atoms with Crippen LogP contribution in [0, 0.1) is 46.3 Å². The zero-order valence-corrected chi connectivity index (χ0v) is 19.1. The lowest BCUT2D eigenvalue weighted by molar-refractivity contribution is 0.0602. The maximum Gasteiger partial charge on any atom is 0.0692 e. The van der Waals surface area contributed by atoms with Gasteiger partial charge < -0.3 is 0 Å². The minimum absolute atomic E-state index is 0.0462. The Kier molecular flexibility index (Phi) is 8.74. The molecule has 0 unspecified atom stereocenters. The highest BCUT2D eigenvalue weighted by molar-refractivity contribution is 5.06. The number of nitriles is 1. The van der Waals surface area contributed by atoms with Crippen LogP contribution in [0.2, 0.25) is 0 Å². The molecule has 0 aromatic rings. The molecule has 3 rings (SSSR count). The lowest BCUT2D eigenvalue weighted by Crippen LogP contribution is -2.38. The first-order valence-corrected chi connectivity index (χ1v) is 13.1. The molecule has 0 spiro atoms. The van der Waals surface area contributed by atoms with Crippen LogP contribution >= 0.6 is 0 Å². The van der Waals surface area contributed by atoms with Crippen molar-refractivity contribution in [2.24, 2.45) is 35.0 Å². The standard InChI is InChI=1S/C27H47N/c1-3-5-7-22-9-13-24(14-10-22)25-17-19-27(21-28,20-18-25)26-15-11-23(12-16-26)8-6-4-2/h22-26H,3-20H2,1-2H3/t22?,23?,24?,25-,26?,27-. The fourth-order valence-electron chi connectivity index (χ4n) is 7.18. The second-order valence-electron chi connectivity index (χ2n) is 10.9. The van der Waals surface area contributed by atoms with Crippen LogP contribution in [-0.2, 0) is 0 Å². The molecule has 28 heavy (non-hydrogen) atoms. The van der Waals surface area contributed by atoms with Gasteiger partial charge in [0.05, 0.1) is 11.5 Å². The first kappa shape index (κ1) is 22.2. The fraction of sp³-hybridized carbons (Fsp3) is 0.963. The third-order valence-corrected chi connectivity index (χ3v) is 9.26. The molecule has 0 bridgehead atoms. The maximum absolute atomic E-state index is 10.2. The Bertz CT molecular complexity index is 465. The molecule has 0 atom stereocenters. The van der Waals surface area contributed by atoms with Crippen molar-refractivity contribution in [3.05, 3.63) is 0 Å². The zero-order valence-electron chi connectivity index (χ0n) is 19.1. The molecule has 3 fully saturated rings. The summed E-state index contributed by atoms with van der Waals surface area (Å²) in [5.74, 6) is 4.63. The number of rotatable bonds is 8. The van der Waals surface area contributed by atoms with Crippen molar-refractivity contribution in [2.45, 2.75) is 129 Å². The number of hydrogen-bond donors (Lipinski definition) is 0. The van der Waals surface area contributed by atoms with Gasteiger partial charge >= 0.3 is 0 Å². The molecule has 1 nitrogen and oxygen atoms in total. The average molecular weight is 386 g/mol. The van der Waals surface area contributed by atoms with Gasteiger partial charge in [-0.25, -0.2) is 0 Å². The van der Waals surface area contributed by atoms with Gasteiger partial charge in [-0.3, -0.25) is 0 Å². The predicted octanol–water partition coefficient (Wildman–Crippen LogP) is 8.68. The van der Waals surface area contributed by atoms with Crippen LogP contribution in [0.1, 0.15) is 129 Å². The summed E-state index contributed by atoms with van der Waals surface area (Å²) >= 11 is 0. The Morgan fingerprint density at radius 2 is 1.14 bits per heavy atom. The maximum atomic E-state index is 10.2. The van der Waals surface area contributed by atoms with Crippen molar-refractivity contribution in [1.29, 1.82) is 5.26 Å². The molecule has 0 radical (unpaired) electrons. The fourth-order valence-corrected chi connectivity index (χ4v) is 7.18. The molecule has 160 valence electrons. The van der Waals surface area contributed by atoms with E-state index in [1.807, 2.05) is 0 Å². The van der Waals surface area contributed by atoms with Crippen LogP contribution in [0.15, 0.2) is 0 Å². The first-order valence-electron chi connectivity index (χ1n) is 13.1. The van der Waals surface area contributed by atoms with Gasteiger partial charge in [-0.1, -0.05) is 78.1 Å². The van der Waals surface area contributed by atoms with E-state index in [9.17, 15) is 5.26 Å². The Labute approximate surface area is 176 Å². The summed E-state index contributed by atoms with van der Waals surface area (Å²) in [6, 6.07) is 2.90. The van der Waals surface area contributed by atoms with E-state index >= 15 is 0 Å². The molecule has 1 heteroatoms. The summed E-state index contributed by atoms with van der Waals surface area (Å²) in [6.07, 6.45) is 25.0. The summed E-state index contributed by atoms with van der Waals surface area (Å²) in [4.78, 5) is 0. The van der Waals surface area contributed by atoms with Crippen LogP contribution in [0.5, 0.6) is 0 Å². The molecule has 0 aromatic carbocycles. The number of nitrogens with zero attached hydrogens (tertiary/aromatic N) is 1. The van der Waals surface area contributed by atoms with Crippen LogP contribution in [-0.4, -0.2) is 0 Å². The topological polar surface area (TPSA) is 23.8 Å². The highest BCUT2D eigenvalue weighted by Gasteiger charge is 2.44. The van der Waals surface area contributed by atoms with Gasteiger partial charge in [0.15, 0.2) is 0 Å². The minimum Gasteiger partial charge on any atom is -0.198 e. The number of hydrogen-bond acceptors (Lipinski definition) is 1. The molecule has 3 aliphatic rings. The van der Waals surface area contributed by atoms with Crippen molar-refractivity contribution in [1.82, 2.24) is 0 Å². The molecule has 3 aliphatic carbocycles. The SMILES string of the molecule is CCCCC1CCC([C@H]2CC[C@](C#N)(C3CCC(CCCC)CC3)CC2)CC1. The molecule has 0 aromatic heterocycles. The monoisotopic (exact) mass is 385 g/mol. The third-order valence-electron chi connectivity index (χ3n) is 9.26. The first-order chi connectivity index (χ1) is 13.7. The van der Waals surface area contributed by atoms with Gasteiger partial charge in [-0.05, 0) is 81.0 Å². The van der Waals surface area contributed by atoms with E-state index in [0.29, 0.717) is 5.92 Å². The highest BCUT2D eigenvalue weighted by Crippen LogP contribution is 2.52. The molecule has 0 aliphatic heterocycles. The van der Waals surface area contributed by atoms with Gasteiger partial charge in [0, 0.05) is 0 Å². The van der Waals surface area contributed by atoms with E-state index in [1.54, 1.807) is 0 Å². The lowest BCUT2D eigenvalue weighted by Gasteiger charge is -2.46. The summed E-state index contributed by atoms with van der Waals surface area (Å²) in [5, 5.41) is 10.2. The van der Waals surface area contributed by atoms with E-state index in [-0.39, 0.29) is 5.41 Å². The van der Waals surface area contributed by atoms with Gasteiger partial charge in [-0.2, -0.15) is 5.26 Å². The molecule has 0 saturated heterocycles. The average Bonchev–Trinajstić information content (AvgIpc) is 2.77. The second-order valence-corrected chi connectivity index (χ2v) is 10.9. The molecule has 0 amide bonds. The Balaban J connectivity index is 1.44. The van der Waals surface area contributed by atoms with Gasteiger partial charge in [0.2, 0.25) is 0 Å². The van der Waals surface area contributed by atoms with Crippen molar-refractivity contribution in [3.63, 3.8) is 0 Å². The highest BCUT2D eigenvalue weighted by atomic mass is 14.5. The van der Waals surface area contributed by atoms with Gasteiger partial charge in [-0.15, -0.1) is 0 Å². The van der Waals surface area contributed by atoms with E-state index in [4.69, 9.17) is 0 Å². The number of unbranched alkanes of at least 4 members (excludes halogenated alkanes) is 2. The smallest absolute Gasteiger partial charge is 0.0692 e. The Hall–Kier alpha value is -0.510. The Morgan fingerprint density at radius 3 is 1.61 bits per heavy atom. The normalized spacial score (nSPS) is 39.4. The Morgan fingerprint density at radius 1 is 0.679 bits per heavy atom. The van der Waals surface area contributed by atoms with Crippen LogP contribution in [0.3, 0.4) is 0 Å². The van der Waals surface area contributed by atoms with E-state index in [0.717, 1.165) is 23.7 Å². The quantitative estimate of drug-likeness (QED) is 0.410. The second kappa shape index (κ2) is 11.0. The van der Waals surface area contributed by atoms with Crippen LogP contribution in [0.4, 0.5) is 0 Å². The molecular formula is C27H47N. The van der Waals surface area contributed by atoms with Crippen molar-refractivity contribution < 1.29 is 0 Å². The van der Waals surface area contributed by atoms with Gasteiger partial charge in [0.1, 0.15) is 0 Å². The van der Waals surface area contributed by atoms with E-state index in [2.05, 4.69) is 19.9 Å². The van der Waals surface area contributed by atoms with Crippen molar-refractivity contribution in [2.75, 3.05) is 0 Å². The van der Waals surface area contributed by atoms with Crippen LogP contribution in [0.25, 0.3) is 0 Å². The van der Waals surface area contributed by atoms with Gasteiger partial charge in [0.25, 0.3) is 0 Å². The van der Waals surface area contributed by atoms with Crippen LogP contribution < -0.4 is 0 Å². The van der Waals surface area contributed by atoms with Crippen molar-refractivity contribution in [3.8, 4) is 6.07 Å². The summed E-state index contributed by atoms with van der Waals surface area (Å²) in [5.41, 5.74) is 0.0462. The molecule has 0 N–H and O–H groups in total. The zero-order chi connectivity index (χ0) is 19.8. The summed E-state index contributed by atoms with van der Waals surface area (Å²) < 4.78 is 0. The van der Waals surface area contributed by atoms with E-state index < -0.39 is 0 Å². The molecular weight excluding hydrogens is 338 g/mol. The largest absolute Gasteiger partial charge is 0.198 e. The minimum atomic E-state index is 0.0462. The molecule has 3 saturated carbocycles. The third kappa shape index (κ3) is 5.55. The lowest BCUT2D eigenvalue weighted by atomic mass is 9.57. The summed E-state index contributed by atoms with van der Waals surface area (Å²) in [7, 11) is 0.